The van der Waals surface area contributed by atoms with E-state index in [9.17, 15) is 18.4 Å². The average molecular weight is 399 g/mol. The predicted octanol–water partition coefficient (Wildman–Crippen LogP) is 3.81. The summed E-state index contributed by atoms with van der Waals surface area (Å²) in [6.07, 6.45) is 0.0449. The normalized spacial score (nSPS) is 15.8. The number of H-pyrrole nitrogens is 1. The van der Waals surface area contributed by atoms with E-state index in [0.717, 1.165) is 5.56 Å². The number of carbonyl (C=O) groups is 1. The SMILES string of the molecule is O=C1CC(c2cccc(F)c2)c2c(nc(SCc3ccc(F)cc3)[nH]c2=O)N1. The van der Waals surface area contributed by atoms with Crippen LogP contribution in [0, 0.1) is 11.6 Å². The van der Waals surface area contributed by atoms with Crippen molar-refractivity contribution in [1.29, 1.82) is 0 Å². The lowest BCUT2D eigenvalue weighted by Gasteiger charge is -2.24. The molecule has 0 aliphatic carbocycles. The van der Waals surface area contributed by atoms with Gasteiger partial charge in [-0.3, -0.25) is 9.59 Å². The monoisotopic (exact) mass is 399 g/mol. The number of thioether (sulfide) groups is 1. The number of halogens is 2. The number of aromatic amines is 1. The molecule has 142 valence electrons. The number of fused-ring (bicyclic) bond motifs is 1. The summed E-state index contributed by atoms with van der Waals surface area (Å²) in [7, 11) is 0. The summed E-state index contributed by atoms with van der Waals surface area (Å²) in [6.45, 7) is 0. The molecular weight excluding hydrogens is 384 g/mol. The molecule has 0 fully saturated rings. The van der Waals surface area contributed by atoms with Crippen LogP contribution in [0.1, 0.15) is 29.0 Å². The van der Waals surface area contributed by atoms with Crippen molar-refractivity contribution < 1.29 is 13.6 Å². The third-order valence-corrected chi connectivity index (χ3v) is 5.41. The van der Waals surface area contributed by atoms with Gasteiger partial charge in [0, 0.05) is 18.1 Å². The number of rotatable bonds is 4. The van der Waals surface area contributed by atoms with Crippen molar-refractivity contribution in [3.63, 3.8) is 0 Å². The van der Waals surface area contributed by atoms with Crippen molar-refractivity contribution in [3.05, 3.63) is 87.2 Å². The Labute approximate surface area is 163 Å². The minimum absolute atomic E-state index is 0.0449. The van der Waals surface area contributed by atoms with Gasteiger partial charge in [0.1, 0.15) is 17.5 Å². The largest absolute Gasteiger partial charge is 0.310 e. The lowest BCUT2D eigenvalue weighted by Crippen LogP contribution is -2.31. The van der Waals surface area contributed by atoms with Crippen LogP contribution in [-0.4, -0.2) is 15.9 Å². The van der Waals surface area contributed by atoms with Gasteiger partial charge >= 0.3 is 0 Å². The summed E-state index contributed by atoms with van der Waals surface area (Å²) in [4.78, 5) is 31.9. The third kappa shape index (κ3) is 3.82. The van der Waals surface area contributed by atoms with Crippen molar-refractivity contribution in [2.45, 2.75) is 23.2 Å². The van der Waals surface area contributed by atoms with E-state index in [2.05, 4.69) is 15.3 Å². The van der Waals surface area contributed by atoms with Crippen LogP contribution in [0.15, 0.2) is 58.5 Å². The first-order chi connectivity index (χ1) is 13.5. The number of hydrogen-bond acceptors (Lipinski definition) is 4. The van der Waals surface area contributed by atoms with Crippen LogP contribution in [0.25, 0.3) is 0 Å². The van der Waals surface area contributed by atoms with Crippen LogP contribution in [0.2, 0.25) is 0 Å². The molecule has 8 heteroatoms. The topological polar surface area (TPSA) is 74.8 Å². The van der Waals surface area contributed by atoms with Crippen LogP contribution < -0.4 is 10.9 Å². The zero-order valence-electron chi connectivity index (χ0n) is 14.5. The van der Waals surface area contributed by atoms with E-state index in [1.165, 1.54) is 36.0 Å². The van der Waals surface area contributed by atoms with Crippen LogP contribution in [0.3, 0.4) is 0 Å². The molecule has 1 amide bonds. The molecule has 0 radical (unpaired) electrons. The quantitative estimate of drug-likeness (QED) is 0.517. The van der Waals surface area contributed by atoms with Gasteiger partial charge in [0.2, 0.25) is 5.91 Å². The van der Waals surface area contributed by atoms with Gasteiger partial charge in [0.25, 0.3) is 5.56 Å². The summed E-state index contributed by atoms with van der Waals surface area (Å²) in [5.41, 5.74) is 1.36. The van der Waals surface area contributed by atoms with E-state index >= 15 is 0 Å². The van der Waals surface area contributed by atoms with Gasteiger partial charge in [-0.15, -0.1) is 0 Å². The molecule has 0 saturated carbocycles. The Morgan fingerprint density at radius 1 is 1.07 bits per heavy atom. The molecule has 5 nitrogen and oxygen atoms in total. The lowest BCUT2D eigenvalue weighted by molar-refractivity contribution is -0.116. The van der Waals surface area contributed by atoms with Gasteiger partial charge in [-0.05, 0) is 35.4 Å². The van der Waals surface area contributed by atoms with Gasteiger partial charge in [-0.1, -0.05) is 36.0 Å². The molecule has 0 spiro atoms. The summed E-state index contributed by atoms with van der Waals surface area (Å²) in [6, 6.07) is 11.9. The highest BCUT2D eigenvalue weighted by atomic mass is 32.2. The Morgan fingerprint density at radius 2 is 1.86 bits per heavy atom. The molecule has 4 rings (SSSR count). The van der Waals surface area contributed by atoms with Gasteiger partial charge < -0.3 is 10.3 Å². The van der Waals surface area contributed by atoms with Crippen molar-refractivity contribution in [1.82, 2.24) is 9.97 Å². The van der Waals surface area contributed by atoms with Crippen molar-refractivity contribution in [3.8, 4) is 0 Å². The Balaban J connectivity index is 1.65. The van der Waals surface area contributed by atoms with Gasteiger partial charge in [0.15, 0.2) is 5.16 Å². The number of aromatic nitrogens is 2. The minimum Gasteiger partial charge on any atom is -0.310 e. The van der Waals surface area contributed by atoms with Gasteiger partial charge in [-0.2, -0.15) is 0 Å². The molecule has 3 aromatic rings. The molecular formula is C20H15F2N3O2S. The maximum atomic E-state index is 13.6. The zero-order chi connectivity index (χ0) is 19.7. The lowest BCUT2D eigenvalue weighted by atomic mass is 9.87. The van der Waals surface area contributed by atoms with Crippen molar-refractivity contribution in [2.24, 2.45) is 0 Å². The van der Waals surface area contributed by atoms with E-state index in [-0.39, 0.29) is 29.5 Å². The maximum absolute atomic E-state index is 13.6. The van der Waals surface area contributed by atoms with Crippen molar-refractivity contribution >= 4 is 23.5 Å². The standard InChI is InChI=1S/C20H15F2N3O2S/c21-13-6-4-11(5-7-13)10-28-20-24-18-17(19(27)25-20)15(9-16(26)23-18)12-2-1-3-14(22)8-12/h1-8,15H,9-10H2,(H2,23,24,25,26,27). The molecule has 1 aliphatic rings. The summed E-state index contributed by atoms with van der Waals surface area (Å²) >= 11 is 1.27. The average Bonchev–Trinajstić information content (AvgIpc) is 2.66. The molecule has 2 heterocycles. The Morgan fingerprint density at radius 3 is 2.61 bits per heavy atom. The zero-order valence-corrected chi connectivity index (χ0v) is 15.4. The fraction of sp³-hybridized carbons (Fsp3) is 0.150. The van der Waals surface area contributed by atoms with Crippen LogP contribution in [0.4, 0.5) is 14.6 Å². The summed E-state index contributed by atoms with van der Waals surface area (Å²) in [5, 5.41) is 2.98. The molecule has 2 N–H and O–H groups in total. The molecule has 1 atom stereocenters. The first-order valence-electron chi connectivity index (χ1n) is 8.56. The number of benzene rings is 2. The number of nitrogens with one attached hydrogen (secondary N) is 2. The first kappa shape index (κ1) is 18.4. The number of hydrogen-bond donors (Lipinski definition) is 2. The van der Waals surface area contributed by atoms with E-state index in [1.54, 1.807) is 24.3 Å². The first-order valence-corrected chi connectivity index (χ1v) is 9.55. The number of carbonyl (C=O) groups excluding carboxylic acids is 1. The summed E-state index contributed by atoms with van der Waals surface area (Å²) in [5.74, 6) is -0.929. The third-order valence-electron chi connectivity index (χ3n) is 4.47. The van der Waals surface area contributed by atoms with Crippen LogP contribution in [0.5, 0.6) is 0 Å². The molecule has 1 aliphatic heterocycles. The summed E-state index contributed by atoms with van der Waals surface area (Å²) < 4.78 is 26.6. The van der Waals surface area contributed by atoms with Crippen molar-refractivity contribution in [2.75, 3.05) is 5.32 Å². The van der Waals surface area contributed by atoms with E-state index < -0.39 is 11.7 Å². The number of nitrogens with zero attached hydrogens (tertiary/aromatic N) is 1. The van der Waals surface area contributed by atoms with Gasteiger partial charge in [0.05, 0.1) is 5.56 Å². The predicted molar refractivity (Wildman–Crippen MR) is 102 cm³/mol. The smallest absolute Gasteiger partial charge is 0.257 e. The molecule has 1 aromatic heterocycles. The molecule has 0 saturated heterocycles. The second kappa shape index (κ2) is 7.55. The van der Waals surface area contributed by atoms with Gasteiger partial charge in [-0.25, -0.2) is 13.8 Å². The highest BCUT2D eigenvalue weighted by Crippen LogP contribution is 2.34. The highest BCUT2D eigenvalue weighted by molar-refractivity contribution is 7.98. The number of amides is 1. The van der Waals surface area contributed by atoms with Crippen LogP contribution >= 0.6 is 11.8 Å². The Bertz CT molecular complexity index is 1100. The molecule has 28 heavy (non-hydrogen) atoms. The second-order valence-electron chi connectivity index (χ2n) is 6.41. The second-order valence-corrected chi connectivity index (χ2v) is 7.37. The molecule has 0 bridgehead atoms. The Kier molecular flexibility index (Phi) is 4.95. The molecule has 1 unspecified atom stereocenters. The fourth-order valence-corrected chi connectivity index (χ4v) is 3.98. The minimum atomic E-state index is -0.563. The number of anilines is 1. The van der Waals surface area contributed by atoms with E-state index in [1.807, 2.05) is 0 Å². The fourth-order valence-electron chi connectivity index (χ4n) is 3.16. The Hall–Kier alpha value is -3.00. The van der Waals surface area contributed by atoms with E-state index in [0.29, 0.717) is 22.0 Å². The maximum Gasteiger partial charge on any atom is 0.257 e. The highest BCUT2D eigenvalue weighted by Gasteiger charge is 2.31. The molecule has 2 aromatic carbocycles. The van der Waals surface area contributed by atoms with Crippen LogP contribution in [-0.2, 0) is 10.5 Å². The van der Waals surface area contributed by atoms with E-state index in [4.69, 9.17) is 0 Å².